The van der Waals surface area contributed by atoms with E-state index in [1.807, 2.05) is 11.4 Å². The molecule has 1 amide bonds. The number of hydrogen-bond acceptors (Lipinski definition) is 5. The zero-order valence-corrected chi connectivity index (χ0v) is 13.3. The number of aromatic nitrogens is 1. The Morgan fingerprint density at radius 1 is 1.50 bits per heavy atom. The zero-order valence-electron chi connectivity index (χ0n) is 12.5. The van der Waals surface area contributed by atoms with Gasteiger partial charge in [0.05, 0.1) is 11.8 Å². The van der Waals surface area contributed by atoms with Gasteiger partial charge in [-0.05, 0) is 37.8 Å². The molecule has 2 fully saturated rings. The lowest BCUT2D eigenvalue weighted by atomic mass is 10.2. The fourth-order valence-electron chi connectivity index (χ4n) is 2.64. The normalized spacial score (nSPS) is 23.5. The van der Waals surface area contributed by atoms with Crippen molar-refractivity contribution in [1.82, 2.24) is 10.3 Å². The van der Waals surface area contributed by atoms with Crippen LogP contribution in [-0.4, -0.2) is 23.5 Å². The first kappa shape index (κ1) is 14.0. The van der Waals surface area contributed by atoms with Crippen LogP contribution in [0.15, 0.2) is 22.1 Å². The van der Waals surface area contributed by atoms with E-state index < -0.39 is 0 Å². The molecule has 2 aliphatic rings. The summed E-state index contributed by atoms with van der Waals surface area (Å²) in [6.07, 6.45) is 5.48. The van der Waals surface area contributed by atoms with Gasteiger partial charge in [-0.2, -0.15) is 0 Å². The molecule has 116 valence electrons. The van der Waals surface area contributed by atoms with Gasteiger partial charge in [0.15, 0.2) is 5.89 Å². The smallest absolute Gasteiger partial charge is 0.258 e. The van der Waals surface area contributed by atoms with Crippen molar-refractivity contribution in [3.05, 3.63) is 34.0 Å². The lowest BCUT2D eigenvalue weighted by Gasteiger charge is -2.01. The van der Waals surface area contributed by atoms with Gasteiger partial charge in [0.25, 0.3) is 5.91 Å². The van der Waals surface area contributed by atoms with Gasteiger partial charge >= 0.3 is 0 Å². The molecule has 0 saturated heterocycles. The molecule has 2 aromatic heterocycles. The third-order valence-corrected chi connectivity index (χ3v) is 5.33. The lowest BCUT2D eigenvalue weighted by molar-refractivity contribution is 0.102. The summed E-state index contributed by atoms with van der Waals surface area (Å²) < 4.78 is 5.27. The summed E-state index contributed by atoms with van der Waals surface area (Å²) in [6.45, 7) is 2.91. The topological polar surface area (TPSA) is 67.2 Å². The molecule has 6 heteroatoms. The van der Waals surface area contributed by atoms with E-state index >= 15 is 0 Å². The van der Waals surface area contributed by atoms with Crippen LogP contribution in [0.3, 0.4) is 0 Å². The van der Waals surface area contributed by atoms with E-state index in [1.54, 1.807) is 18.3 Å². The number of rotatable bonds is 6. The van der Waals surface area contributed by atoms with Crippen molar-refractivity contribution in [3.8, 4) is 0 Å². The summed E-state index contributed by atoms with van der Waals surface area (Å²) in [5, 5.41) is 8.29. The van der Waals surface area contributed by atoms with Gasteiger partial charge in [-0.15, -0.1) is 11.3 Å². The number of anilines is 1. The van der Waals surface area contributed by atoms with Crippen LogP contribution in [0.25, 0.3) is 0 Å². The molecular weight excluding hydrogens is 298 g/mol. The van der Waals surface area contributed by atoms with E-state index in [-0.39, 0.29) is 5.91 Å². The van der Waals surface area contributed by atoms with E-state index in [2.05, 4.69) is 15.6 Å². The van der Waals surface area contributed by atoms with Gasteiger partial charge in [-0.1, -0.05) is 0 Å². The SMILES string of the molecule is Cc1ncc(NC(=O)c2csc(C3CC3NCC3CC3)c2)o1. The molecule has 2 heterocycles. The Kier molecular flexibility index (Phi) is 3.50. The number of carbonyl (C=O) groups is 1. The summed E-state index contributed by atoms with van der Waals surface area (Å²) in [6, 6.07) is 2.61. The molecule has 2 N–H and O–H groups in total. The Hall–Kier alpha value is -1.66. The molecule has 2 aliphatic carbocycles. The molecule has 0 aliphatic heterocycles. The quantitative estimate of drug-likeness (QED) is 0.859. The van der Waals surface area contributed by atoms with Crippen molar-refractivity contribution in [2.24, 2.45) is 5.92 Å². The molecule has 0 radical (unpaired) electrons. The van der Waals surface area contributed by atoms with Crippen molar-refractivity contribution in [3.63, 3.8) is 0 Å². The number of nitrogens with zero attached hydrogens (tertiary/aromatic N) is 1. The number of amides is 1. The van der Waals surface area contributed by atoms with E-state index in [0.717, 1.165) is 12.5 Å². The predicted molar refractivity (Wildman–Crippen MR) is 85.4 cm³/mol. The molecule has 2 unspecified atom stereocenters. The van der Waals surface area contributed by atoms with Crippen molar-refractivity contribution >= 4 is 23.1 Å². The Balaban J connectivity index is 1.34. The minimum atomic E-state index is -0.137. The number of oxazole rings is 1. The third kappa shape index (κ3) is 3.08. The summed E-state index contributed by atoms with van der Waals surface area (Å²) in [5.74, 6) is 2.30. The summed E-state index contributed by atoms with van der Waals surface area (Å²) in [7, 11) is 0. The maximum atomic E-state index is 12.2. The maximum Gasteiger partial charge on any atom is 0.258 e. The number of hydrogen-bond donors (Lipinski definition) is 2. The zero-order chi connectivity index (χ0) is 15.1. The summed E-state index contributed by atoms with van der Waals surface area (Å²) in [5.41, 5.74) is 0.696. The molecule has 2 saturated carbocycles. The van der Waals surface area contributed by atoms with Crippen LogP contribution in [0.2, 0.25) is 0 Å². The molecule has 2 atom stereocenters. The van der Waals surface area contributed by atoms with E-state index in [1.165, 1.54) is 30.3 Å². The largest absolute Gasteiger partial charge is 0.425 e. The molecule has 22 heavy (non-hydrogen) atoms. The van der Waals surface area contributed by atoms with Gasteiger partial charge in [-0.25, -0.2) is 4.98 Å². The Labute approximate surface area is 133 Å². The minimum absolute atomic E-state index is 0.137. The van der Waals surface area contributed by atoms with Gasteiger partial charge in [-0.3, -0.25) is 10.1 Å². The second-order valence-corrected chi connectivity index (χ2v) is 7.18. The minimum Gasteiger partial charge on any atom is -0.425 e. The Bertz CT molecular complexity index is 689. The van der Waals surface area contributed by atoms with Crippen LogP contribution in [0, 0.1) is 12.8 Å². The third-order valence-electron chi connectivity index (χ3n) is 4.26. The van der Waals surface area contributed by atoms with Crippen molar-refractivity contribution in [1.29, 1.82) is 0 Å². The predicted octanol–water partition coefficient (Wildman–Crippen LogP) is 3.15. The highest BCUT2D eigenvalue weighted by atomic mass is 32.1. The average molecular weight is 317 g/mol. The summed E-state index contributed by atoms with van der Waals surface area (Å²) >= 11 is 1.67. The number of nitrogens with one attached hydrogen (secondary N) is 2. The lowest BCUT2D eigenvalue weighted by Crippen LogP contribution is -2.20. The van der Waals surface area contributed by atoms with Crippen LogP contribution < -0.4 is 10.6 Å². The van der Waals surface area contributed by atoms with Crippen LogP contribution in [-0.2, 0) is 0 Å². The van der Waals surface area contributed by atoms with E-state index in [0.29, 0.717) is 29.3 Å². The molecule has 0 spiro atoms. The Morgan fingerprint density at radius 3 is 3.09 bits per heavy atom. The number of carbonyl (C=O) groups excluding carboxylic acids is 1. The molecule has 4 rings (SSSR count). The first-order valence-corrected chi connectivity index (χ1v) is 8.62. The van der Waals surface area contributed by atoms with Crippen LogP contribution >= 0.6 is 11.3 Å². The van der Waals surface area contributed by atoms with Gasteiger partial charge < -0.3 is 9.73 Å². The second kappa shape index (κ2) is 5.52. The van der Waals surface area contributed by atoms with Crippen LogP contribution in [0.1, 0.15) is 46.3 Å². The number of thiophene rings is 1. The first-order chi connectivity index (χ1) is 10.7. The second-order valence-electron chi connectivity index (χ2n) is 6.24. The van der Waals surface area contributed by atoms with Crippen molar-refractivity contribution in [2.45, 2.75) is 38.1 Å². The average Bonchev–Trinajstić information content (AvgIpc) is 3.38. The standard InChI is InChI=1S/C16H19N3O2S/c1-9-17-7-15(21-9)19-16(20)11-4-14(22-8-11)12-5-13(12)18-6-10-2-3-10/h4,7-8,10,12-13,18H,2-3,5-6H2,1H3,(H,19,20). The fourth-order valence-corrected chi connectivity index (χ4v) is 3.71. The molecule has 0 bridgehead atoms. The highest BCUT2D eigenvalue weighted by molar-refractivity contribution is 7.10. The van der Waals surface area contributed by atoms with Crippen molar-refractivity contribution in [2.75, 3.05) is 11.9 Å². The van der Waals surface area contributed by atoms with Gasteiger partial charge in [0, 0.05) is 29.1 Å². The van der Waals surface area contributed by atoms with Crippen LogP contribution in [0.4, 0.5) is 5.88 Å². The Morgan fingerprint density at radius 2 is 2.36 bits per heavy atom. The summed E-state index contributed by atoms with van der Waals surface area (Å²) in [4.78, 5) is 17.4. The van der Waals surface area contributed by atoms with Crippen molar-refractivity contribution < 1.29 is 9.21 Å². The molecule has 5 nitrogen and oxygen atoms in total. The van der Waals surface area contributed by atoms with E-state index in [9.17, 15) is 4.79 Å². The molecular formula is C16H19N3O2S. The van der Waals surface area contributed by atoms with Gasteiger partial charge in [0.2, 0.25) is 5.88 Å². The highest BCUT2D eigenvalue weighted by Crippen LogP contribution is 2.44. The monoisotopic (exact) mass is 317 g/mol. The molecule has 2 aromatic rings. The van der Waals surface area contributed by atoms with Gasteiger partial charge in [0.1, 0.15) is 0 Å². The number of aryl methyl sites for hydroxylation is 1. The highest BCUT2D eigenvalue weighted by Gasteiger charge is 2.40. The fraction of sp³-hybridized carbons (Fsp3) is 0.500. The van der Waals surface area contributed by atoms with E-state index in [4.69, 9.17) is 4.42 Å². The molecule has 0 aromatic carbocycles. The first-order valence-electron chi connectivity index (χ1n) is 7.74. The van der Waals surface area contributed by atoms with Crippen LogP contribution in [0.5, 0.6) is 0 Å². The maximum absolute atomic E-state index is 12.2.